The Labute approximate surface area is 163 Å². The Bertz CT molecular complexity index is 328. The van der Waals surface area contributed by atoms with Gasteiger partial charge in [-0.2, -0.15) is 12.2 Å². The molecule has 0 fully saturated rings. The number of allylic oxidation sites excluding steroid dienone is 8. The third-order valence-corrected chi connectivity index (χ3v) is 3.68. The predicted octanol–water partition coefficient (Wildman–Crippen LogP) is 6.93. The Morgan fingerprint density at radius 3 is 1.45 bits per heavy atom. The molecule has 0 aromatic heterocycles. The minimum absolute atomic E-state index is 0. The predicted molar refractivity (Wildman–Crippen MR) is 96.6 cm³/mol. The monoisotopic (exact) mass is 396 g/mol. The van der Waals surface area contributed by atoms with Crippen molar-refractivity contribution in [2.45, 2.75) is 78.1 Å². The van der Waals surface area contributed by atoms with Crippen molar-refractivity contribution in [1.29, 1.82) is 0 Å². The number of hydrogen-bond acceptors (Lipinski definition) is 0. The van der Waals surface area contributed by atoms with Crippen LogP contribution in [-0.2, 0) is 26.2 Å². The second kappa shape index (κ2) is 17.5. The molecule has 2 rings (SSSR count). The standard InChI is InChI=1S/2C10H15.ClH.Zr/c2*1-2-3-4-7-10-8-5-6-9-10;;/h2*8-9H,2-5,7H2,1H3;1H;/q2*-1;;+2. The molecule has 22 heavy (non-hydrogen) atoms. The summed E-state index contributed by atoms with van der Waals surface area (Å²) in [4.78, 5) is 0. The van der Waals surface area contributed by atoms with Crippen molar-refractivity contribution >= 4 is 12.4 Å². The van der Waals surface area contributed by atoms with Crippen LogP contribution in [0.5, 0.6) is 0 Å². The van der Waals surface area contributed by atoms with Crippen LogP contribution in [0.3, 0.4) is 0 Å². The van der Waals surface area contributed by atoms with Crippen LogP contribution < -0.4 is 0 Å². The van der Waals surface area contributed by atoms with E-state index in [4.69, 9.17) is 0 Å². The minimum atomic E-state index is 0. The number of rotatable bonds is 8. The summed E-state index contributed by atoms with van der Waals surface area (Å²) in [5.41, 5.74) is 2.99. The summed E-state index contributed by atoms with van der Waals surface area (Å²) >= 11 is 0. The zero-order valence-corrected chi connectivity index (χ0v) is 17.6. The van der Waals surface area contributed by atoms with Crippen LogP contribution in [0, 0.1) is 12.2 Å². The molecule has 0 amide bonds. The van der Waals surface area contributed by atoms with Crippen LogP contribution in [0.2, 0.25) is 0 Å². The van der Waals surface area contributed by atoms with Crippen molar-refractivity contribution in [3.63, 3.8) is 0 Å². The molecule has 0 saturated heterocycles. The van der Waals surface area contributed by atoms with Crippen LogP contribution in [0.25, 0.3) is 0 Å². The van der Waals surface area contributed by atoms with Gasteiger partial charge in [0.15, 0.2) is 0 Å². The molecule has 2 heteroatoms. The topological polar surface area (TPSA) is 0 Å². The molecule has 0 saturated carbocycles. The van der Waals surface area contributed by atoms with E-state index in [1.165, 1.54) is 62.5 Å². The molecule has 2 aliphatic carbocycles. The minimum Gasteiger partial charge on any atom is -0.273 e. The van der Waals surface area contributed by atoms with E-state index in [2.05, 4.69) is 50.3 Å². The van der Waals surface area contributed by atoms with Gasteiger partial charge in [-0.05, 0) is 0 Å². The number of unbranched alkanes of at least 4 members (excludes halogenated alkanes) is 4. The number of hydrogen-bond donors (Lipinski definition) is 0. The molecule has 0 aromatic rings. The summed E-state index contributed by atoms with van der Waals surface area (Å²) in [6.45, 7) is 4.48. The van der Waals surface area contributed by atoms with Crippen molar-refractivity contribution in [3.05, 3.63) is 47.6 Å². The Morgan fingerprint density at radius 2 is 1.18 bits per heavy atom. The van der Waals surface area contributed by atoms with Gasteiger partial charge < -0.3 is 0 Å². The molecular formula is C20H31ClZr. The van der Waals surface area contributed by atoms with Crippen LogP contribution in [0.1, 0.15) is 78.1 Å². The molecule has 0 bridgehead atoms. The molecule has 0 atom stereocenters. The molecule has 2 aliphatic rings. The summed E-state index contributed by atoms with van der Waals surface area (Å²) in [5, 5.41) is 0. The van der Waals surface area contributed by atoms with E-state index in [-0.39, 0.29) is 38.6 Å². The van der Waals surface area contributed by atoms with Gasteiger partial charge in [-0.3, -0.25) is 12.2 Å². The summed E-state index contributed by atoms with van der Waals surface area (Å²) in [6.07, 6.45) is 27.9. The molecule has 0 aliphatic heterocycles. The van der Waals surface area contributed by atoms with Crippen molar-refractivity contribution in [2.75, 3.05) is 0 Å². The van der Waals surface area contributed by atoms with Gasteiger partial charge in [0.1, 0.15) is 0 Å². The first-order chi connectivity index (χ1) is 9.86. The summed E-state index contributed by atoms with van der Waals surface area (Å²) in [5.74, 6) is 0. The van der Waals surface area contributed by atoms with Gasteiger partial charge in [-0.1, -0.05) is 65.2 Å². The first-order valence-electron chi connectivity index (χ1n) is 8.38. The van der Waals surface area contributed by atoms with E-state index in [1.807, 2.05) is 0 Å². The second-order valence-electron chi connectivity index (χ2n) is 5.58. The normalized spacial score (nSPS) is 14.5. The molecule has 0 nitrogen and oxygen atoms in total. The van der Waals surface area contributed by atoms with Gasteiger partial charge >= 0.3 is 26.2 Å². The molecule has 0 spiro atoms. The summed E-state index contributed by atoms with van der Waals surface area (Å²) in [6, 6.07) is 0. The van der Waals surface area contributed by atoms with E-state index in [0.717, 1.165) is 12.8 Å². The Hall–Kier alpha value is 0.133. The zero-order valence-electron chi connectivity index (χ0n) is 14.3. The summed E-state index contributed by atoms with van der Waals surface area (Å²) < 4.78 is 0. The van der Waals surface area contributed by atoms with Gasteiger partial charge in [0.25, 0.3) is 0 Å². The summed E-state index contributed by atoms with van der Waals surface area (Å²) in [7, 11) is 0. The fraction of sp³-hybridized carbons (Fsp3) is 0.600. The third kappa shape index (κ3) is 12.7. The number of halogens is 1. The Balaban J connectivity index is 0. The maximum absolute atomic E-state index is 3.18. The zero-order chi connectivity index (χ0) is 14.5. The van der Waals surface area contributed by atoms with Crippen molar-refractivity contribution in [2.24, 2.45) is 0 Å². The van der Waals surface area contributed by atoms with E-state index in [1.54, 1.807) is 0 Å². The Morgan fingerprint density at radius 1 is 0.773 bits per heavy atom. The average Bonchev–Trinajstić information content (AvgIpc) is 3.13. The second-order valence-corrected chi connectivity index (χ2v) is 5.58. The first-order valence-corrected chi connectivity index (χ1v) is 8.38. The first kappa shape index (κ1) is 24.4. The maximum atomic E-state index is 3.18. The van der Waals surface area contributed by atoms with Gasteiger partial charge in [0.2, 0.25) is 0 Å². The molecule has 0 heterocycles. The molecule has 0 aromatic carbocycles. The van der Waals surface area contributed by atoms with E-state index < -0.39 is 0 Å². The van der Waals surface area contributed by atoms with Gasteiger partial charge in [0.05, 0.1) is 0 Å². The SMILES string of the molecule is CCCCCC1=CC[C-]=C1.CCCCCC1=CC[C-]=C1.Cl.[Zr+2]. The van der Waals surface area contributed by atoms with E-state index in [0.29, 0.717) is 0 Å². The third-order valence-electron chi connectivity index (χ3n) is 3.68. The average molecular weight is 398 g/mol. The van der Waals surface area contributed by atoms with E-state index in [9.17, 15) is 0 Å². The smallest absolute Gasteiger partial charge is 0.273 e. The molecular weight excluding hydrogens is 367 g/mol. The van der Waals surface area contributed by atoms with Crippen molar-refractivity contribution in [3.8, 4) is 0 Å². The molecule has 0 N–H and O–H groups in total. The Kier molecular flexibility index (Phi) is 19.4. The van der Waals surface area contributed by atoms with E-state index >= 15 is 0 Å². The molecule has 0 radical (unpaired) electrons. The fourth-order valence-corrected chi connectivity index (χ4v) is 2.38. The van der Waals surface area contributed by atoms with Crippen LogP contribution in [0.15, 0.2) is 35.5 Å². The molecule has 122 valence electrons. The van der Waals surface area contributed by atoms with Crippen LogP contribution >= 0.6 is 12.4 Å². The van der Waals surface area contributed by atoms with Gasteiger partial charge in [0, 0.05) is 0 Å². The largest absolute Gasteiger partial charge is 2.00 e. The fourth-order valence-electron chi connectivity index (χ4n) is 2.38. The van der Waals surface area contributed by atoms with Crippen molar-refractivity contribution < 1.29 is 26.2 Å². The quantitative estimate of drug-likeness (QED) is 0.307. The van der Waals surface area contributed by atoms with Crippen LogP contribution in [0.4, 0.5) is 0 Å². The van der Waals surface area contributed by atoms with Crippen LogP contribution in [-0.4, -0.2) is 0 Å². The van der Waals surface area contributed by atoms with Crippen molar-refractivity contribution in [1.82, 2.24) is 0 Å². The molecule has 0 unspecified atom stereocenters. The van der Waals surface area contributed by atoms with Gasteiger partial charge in [-0.25, -0.2) is 23.3 Å². The maximum Gasteiger partial charge on any atom is 2.00 e. The van der Waals surface area contributed by atoms with Gasteiger partial charge in [-0.15, -0.1) is 25.2 Å².